The molecule has 0 rings (SSSR count). The molecule has 0 spiro atoms. The number of hydrogen-bond donors (Lipinski definition) is 0. The smallest absolute Gasteiger partial charge is 0.772 e. The van der Waals surface area contributed by atoms with Crippen LogP contribution < -0.4 is 64.2 Å². The van der Waals surface area contributed by atoms with Crippen molar-refractivity contribution in [2.75, 3.05) is 5.75 Å². The van der Waals surface area contributed by atoms with Crippen LogP contribution in [0.25, 0.3) is 0 Å². The van der Waals surface area contributed by atoms with Gasteiger partial charge < -0.3 is 19.9 Å². The van der Waals surface area contributed by atoms with Gasteiger partial charge in [0.05, 0.1) is 0 Å². The second-order valence-corrected chi connectivity index (χ2v) is 2.15. The van der Waals surface area contributed by atoms with E-state index in [1.807, 2.05) is 0 Å². The van der Waals surface area contributed by atoms with E-state index < -0.39 is 23.5 Å². The maximum atomic E-state index is 9.61. The Morgan fingerprint density at radius 1 is 1.36 bits per heavy atom. The summed E-state index contributed by atoms with van der Waals surface area (Å²) in [5, 5.41) is 9.52. The molecule has 0 aromatic rings. The van der Waals surface area contributed by atoms with Gasteiger partial charge in [-0.3, -0.25) is 4.21 Å². The molecule has 0 saturated heterocycles. The van der Waals surface area contributed by atoms with Crippen molar-refractivity contribution in [2.45, 2.75) is 6.42 Å². The molecule has 0 aromatic heterocycles. The summed E-state index contributed by atoms with van der Waals surface area (Å²) in [4.78, 5) is 9.52. The first-order valence-corrected chi connectivity index (χ1v) is 3.13. The van der Waals surface area contributed by atoms with E-state index in [-0.39, 0.29) is 70.3 Å². The third kappa shape index (κ3) is 24.6. The van der Waals surface area contributed by atoms with Crippen LogP contribution in [0.3, 0.4) is 0 Å². The maximum Gasteiger partial charge on any atom is 1.00 e. The van der Waals surface area contributed by atoms with Gasteiger partial charge in [-0.05, 0) is 6.42 Å². The molecule has 11 heavy (non-hydrogen) atoms. The molecule has 1 unspecified atom stereocenters. The minimum atomic E-state index is -2.26. The standard InChI is InChI=1S/C3H6O4S.2Na.H2O/c4-3(5)1-2-8(6)7;;;/h1-2H2,(H,4,5)(H,6,7);;;1H2/q;2*+1;/p-2. The van der Waals surface area contributed by atoms with E-state index in [0.29, 0.717) is 0 Å². The number of carbonyl (C=O) groups excluding carboxylic acids is 1. The molecule has 0 radical (unpaired) electrons. The molecule has 0 aliphatic rings. The van der Waals surface area contributed by atoms with Crippen LogP contribution in [0.1, 0.15) is 6.42 Å². The van der Waals surface area contributed by atoms with Gasteiger partial charge in [0.1, 0.15) is 0 Å². The van der Waals surface area contributed by atoms with Crippen molar-refractivity contribution in [1.29, 1.82) is 0 Å². The van der Waals surface area contributed by atoms with Gasteiger partial charge >= 0.3 is 59.1 Å². The Balaban J connectivity index is -0.0000000817. The van der Waals surface area contributed by atoms with Gasteiger partial charge in [-0.25, -0.2) is 0 Å². The van der Waals surface area contributed by atoms with Crippen molar-refractivity contribution >= 4 is 17.0 Å². The largest absolute Gasteiger partial charge is 1.00 e. The molecule has 0 aromatic carbocycles. The zero-order chi connectivity index (χ0) is 6.57. The van der Waals surface area contributed by atoms with Gasteiger partial charge in [0, 0.05) is 11.7 Å². The van der Waals surface area contributed by atoms with Crippen molar-refractivity contribution in [1.82, 2.24) is 0 Å². The van der Waals surface area contributed by atoms with Crippen molar-refractivity contribution in [2.24, 2.45) is 0 Å². The van der Waals surface area contributed by atoms with Crippen LogP contribution in [0.15, 0.2) is 0 Å². The summed E-state index contributed by atoms with van der Waals surface area (Å²) in [6, 6.07) is 0. The van der Waals surface area contributed by atoms with Gasteiger partial charge in [0.25, 0.3) is 0 Å². The van der Waals surface area contributed by atoms with Crippen molar-refractivity contribution in [3.05, 3.63) is 0 Å². The molecule has 0 fully saturated rings. The Bertz CT molecular complexity index is 104. The zero-order valence-corrected chi connectivity index (χ0v) is 11.3. The van der Waals surface area contributed by atoms with Crippen LogP contribution in [0, 0.1) is 0 Å². The predicted octanol–water partition coefficient (Wildman–Crippen LogP) is -8.81. The molecule has 2 N–H and O–H groups in total. The average molecular weight is 200 g/mol. The summed E-state index contributed by atoms with van der Waals surface area (Å²) in [6.45, 7) is 0. The van der Waals surface area contributed by atoms with E-state index in [4.69, 9.17) is 0 Å². The number of carbonyl (C=O) groups is 1. The summed E-state index contributed by atoms with van der Waals surface area (Å²) in [5.41, 5.74) is 0. The molecule has 0 aliphatic heterocycles. The van der Waals surface area contributed by atoms with Crippen LogP contribution in [0.5, 0.6) is 0 Å². The summed E-state index contributed by atoms with van der Waals surface area (Å²) in [6.07, 6.45) is -0.421. The molecule has 0 amide bonds. The van der Waals surface area contributed by atoms with Crippen LogP contribution >= 0.6 is 0 Å². The van der Waals surface area contributed by atoms with Gasteiger partial charge in [0.2, 0.25) is 0 Å². The topological polar surface area (TPSA) is 112 Å². The van der Waals surface area contributed by atoms with Crippen LogP contribution in [0.2, 0.25) is 0 Å². The second kappa shape index (κ2) is 14.1. The Kier molecular flexibility index (Phi) is 29.3. The number of carboxylic acids is 1. The molecule has 1 atom stereocenters. The third-order valence-electron chi connectivity index (χ3n) is 0.473. The average Bonchev–Trinajstić information content (AvgIpc) is 1.61. The number of aliphatic carboxylic acids is 1. The van der Waals surface area contributed by atoms with Gasteiger partial charge in [-0.1, -0.05) is 11.1 Å². The Hall–Kier alpha value is 1.54. The van der Waals surface area contributed by atoms with Crippen LogP contribution in [-0.4, -0.2) is 26.0 Å². The zero-order valence-electron chi connectivity index (χ0n) is 6.46. The minimum absolute atomic E-state index is 0. The fraction of sp³-hybridized carbons (Fsp3) is 0.667. The van der Waals surface area contributed by atoms with Crippen molar-refractivity contribution in [3.63, 3.8) is 0 Å². The minimum Gasteiger partial charge on any atom is -0.772 e. The van der Waals surface area contributed by atoms with Crippen molar-refractivity contribution < 1.29 is 83.3 Å². The monoisotopic (exact) mass is 200 g/mol. The second-order valence-electron chi connectivity index (χ2n) is 1.13. The third-order valence-corrected chi connectivity index (χ3v) is 1.01. The quantitative estimate of drug-likeness (QED) is 0.332. The first-order valence-electron chi connectivity index (χ1n) is 1.88. The van der Waals surface area contributed by atoms with E-state index in [9.17, 15) is 18.7 Å². The summed E-state index contributed by atoms with van der Waals surface area (Å²) in [5.74, 6) is -1.70. The van der Waals surface area contributed by atoms with Crippen LogP contribution in [0.4, 0.5) is 0 Å². The van der Waals surface area contributed by atoms with E-state index in [2.05, 4.69) is 0 Å². The van der Waals surface area contributed by atoms with Gasteiger partial charge in [-0.2, -0.15) is 0 Å². The maximum absolute atomic E-state index is 9.61. The molecular formula is C3H6Na2O5S. The summed E-state index contributed by atoms with van der Waals surface area (Å²) >= 11 is -2.26. The molecule has 0 saturated carbocycles. The predicted molar refractivity (Wildman–Crippen MR) is 27.0 cm³/mol. The first-order chi connectivity index (χ1) is 3.63. The SMILES string of the molecule is O.O=C([O-])CCS(=O)[O-].[Na+].[Na+]. The van der Waals surface area contributed by atoms with Crippen molar-refractivity contribution in [3.8, 4) is 0 Å². The molecule has 8 heteroatoms. The molecule has 56 valence electrons. The Labute approximate surface area is 111 Å². The van der Waals surface area contributed by atoms with Crippen LogP contribution in [-0.2, 0) is 15.9 Å². The normalized spacial score (nSPS) is 9.55. The fourth-order valence-corrected chi connectivity index (χ4v) is 0.500. The van der Waals surface area contributed by atoms with Gasteiger partial charge in [-0.15, -0.1) is 0 Å². The summed E-state index contributed by atoms with van der Waals surface area (Å²) in [7, 11) is 0. The molecule has 0 heterocycles. The number of hydrogen-bond acceptors (Lipinski definition) is 4. The van der Waals surface area contributed by atoms with Gasteiger partial charge in [0.15, 0.2) is 0 Å². The van der Waals surface area contributed by atoms with E-state index in [1.165, 1.54) is 0 Å². The Morgan fingerprint density at radius 3 is 1.82 bits per heavy atom. The molecule has 0 aliphatic carbocycles. The first kappa shape index (κ1) is 22.9. The number of rotatable bonds is 3. The fourth-order valence-electron chi connectivity index (χ4n) is 0.167. The molecule has 5 nitrogen and oxygen atoms in total. The van der Waals surface area contributed by atoms with E-state index >= 15 is 0 Å². The number of carboxylic acid groups (broad SMARTS) is 1. The molecular weight excluding hydrogens is 194 g/mol. The van der Waals surface area contributed by atoms with E-state index in [1.54, 1.807) is 0 Å². The molecule has 0 bridgehead atoms. The Morgan fingerprint density at radius 2 is 1.73 bits per heavy atom. The summed E-state index contributed by atoms with van der Waals surface area (Å²) < 4.78 is 19.2. The van der Waals surface area contributed by atoms with E-state index in [0.717, 1.165) is 0 Å².